The fourth-order valence-electron chi connectivity index (χ4n) is 3.47. The molecule has 0 unspecified atom stereocenters. The van der Waals surface area contributed by atoms with Crippen LogP contribution in [-0.4, -0.2) is 12.0 Å². The van der Waals surface area contributed by atoms with Gasteiger partial charge < -0.3 is 5.32 Å². The summed E-state index contributed by atoms with van der Waals surface area (Å²) in [4.78, 5) is 13.0. The SMILES string of the molecule is O=C(/C=C(\Nc1ccccc1)C(F)(F)F)c1ccccc1-c1cccc2ccccc12. The van der Waals surface area contributed by atoms with Crippen LogP contribution in [-0.2, 0) is 0 Å². The molecule has 0 atom stereocenters. The molecule has 0 spiro atoms. The van der Waals surface area contributed by atoms with Crippen LogP contribution in [0.15, 0.2) is 109 Å². The number of para-hydroxylation sites is 1. The van der Waals surface area contributed by atoms with Crippen molar-refractivity contribution < 1.29 is 18.0 Å². The van der Waals surface area contributed by atoms with Gasteiger partial charge in [-0.05, 0) is 34.0 Å². The highest BCUT2D eigenvalue weighted by Crippen LogP contribution is 2.33. The zero-order valence-electron chi connectivity index (χ0n) is 16.4. The Bertz CT molecular complexity index is 1260. The van der Waals surface area contributed by atoms with Crippen LogP contribution < -0.4 is 5.32 Å². The first kappa shape index (κ1) is 20.4. The summed E-state index contributed by atoms with van der Waals surface area (Å²) in [5.74, 6) is -0.723. The first-order valence-electron chi connectivity index (χ1n) is 9.66. The van der Waals surface area contributed by atoms with Crippen LogP contribution in [0.4, 0.5) is 18.9 Å². The van der Waals surface area contributed by atoms with E-state index >= 15 is 0 Å². The second-order valence-electron chi connectivity index (χ2n) is 6.98. The fraction of sp³-hybridized carbons (Fsp3) is 0.0385. The molecule has 0 aliphatic carbocycles. The number of carbonyl (C=O) groups is 1. The van der Waals surface area contributed by atoms with E-state index in [1.165, 1.54) is 12.1 Å². The number of anilines is 1. The van der Waals surface area contributed by atoms with E-state index < -0.39 is 17.7 Å². The third-order valence-electron chi connectivity index (χ3n) is 4.91. The number of alkyl halides is 3. The van der Waals surface area contributed by atoms with Crippen LogP contribution in [0.25, 0.3) is 21.9 Å². The maximum Gasteiger partial charge on any atom is 0.431 e. The number of fused-ring (bicyclic) bond motifs is 1. The van der Waals surface area contributed by atoms with Gasteiger partial charge >= 0.3 is 6.18 Å². The zero-order chi connectivity index (χ0) is 21.8. The molecule has 0 aromatic heterocycles. The normalized spacial score (nSPS) is 12.0. The molecular weight excluding hydrogens is 399 g/mol. The van der Waals surface area contributed by atoms with Gasteiger partial charge in [0.05, 0.1) is 0 Å². The van der Waals surface area contributed by atoms with E-state index in [0.29, 0.717) is 11.6 Å². The quantitative estimate of drug-likeness (QED) is 0.274. The molecule has 0 aliphatic rings. The molecule has 0 aliphatic heterocycles. The number of nitrogens with one attached hydrogen (secondary N) is 1. The fourth-order valence-corrected chi connectivity index (χ4v) is 3.47. The van der Waals surface area contributed by atoms with Crippen molar-refractivity contribution in [3.63, 3.8) is 0 Å². The van der Waals surface area contributed by atoms with Crippen LogP contribution in [0.1, 0.15) is 10.4 Å². The van der Waals surface area contributed by atoms with E-state index in [0.717, 1.165) is 16.3 Å². The summed E-state index contributed by atoms with van der Waals surface area (Å²) in [6.45, 7) is 0. The Hall–Kier alpha value is -3.86. The van der Waals surface area contributed by atoms with E-state index in [-0.39, 0.29) is 11.3 Å². The van der Waals surface area contributed by atoms with E-state index in [4.69, 9.17) is 0 Å². The number of benzene rings is 4. The van der Waals surface area contributed by atoms with Crippen LogP contribution in [0.5, 0.6) is 0 Å². The molecule has 4 aromatic rings. The Morgan fingerprint density at radius 3 is 2.10 bits per heavy atom. The van der Waals surface area contributed by atoms with E-state index in [2.05, 4.69) is 5.32 Å². The highest BCUT2D eigenvalue weighted by Gasteiger charge is 2.35. The average molecular weight is 417 g/mol. The molecule has 31 heavy (non-hydrogen) atoms. The average Bonchev–Trinajstić information content (AvgIpc) is 2.78. The van der Waals surface area contributed by atoms with Gasteiger partial charge in [-0.3, -0.25) is 4.79 Å². The molecule has 0 saturated carbocycles. The molecule has 0 saturated heterocycles. The van der Waals surface area contributed by atoms with Gasteiger partial charge in [-0.15, -0.1) is 0 Å². The Balaban J connectivity index is 1.78. The van der Waals surface area contributed by atoms with Crippen molar-refractivity contribution in [3.05, 3.63) is 114 Å². The maximum absolute atomic E-state index is 13.6. The van der Waals surface area contributed by atoms with E-state index in [1.807, 2.05) is 42.5 Å². The lowest BCUT2D eigenvalue weighted by atomic mass is 9.93. The molecule has 154 valence electrons. The molecule has 5 heteroatoms. The van der Waals surface area contributed by atoms with Gasteiger partial charge in [0.25, 0.3) is 0 Å². The summed E-state index contributed by atoms with van der Waals surface area (Å²) in [7, 11) is 0. The summed E-state index contributed by atoms with van der Waals surface area (Å²) in [5, 5.41) is 4.23. The molecule has 0 amide bonds. The van der Waals surface area contributed by atoms with Crippen LogP contribution in [0.3, 0.4) is 0 Å². The third kappa shape index (κ3) is 4.51. The Labute approximate surface area is 177 Å². The lowest BCUT2D eigenvalue weighted by molar-refractivity contribution is -0.0903. The number of rotatable bonds is 5. The lowest BCUT2D eigenvalue weighted by Gasteiger charge is -2.15. The van der Waals surface area contributed by atoms with Crippen molar-refractivity contribution in [1.82, 2.24) is 0 Å². The highest BCUT2D eigenvalue weighted by atomic mass is 19.4. The van der Waals surface area contributed by atoms with Crippen LogP contribution >= 0.6 is 0 Å². The minimum Gasteiger partial charge on any atom is -0.351 e. The Morgan fingerprint density at radius 1 is 0.710 bits per heavy atom. The first-order valence-corrected chi connectivity index (χ1v) is 9.66. The van der Waals surface area contributed by atoms with Gasteiger partial charge in [0, 0.05) is 17.3 Å². The second-order valence-corrected chi connectivity index (χ2v) is 6.98. The summed E-state index contributed by atoms with van der Waals surface area (Å²) in [5.41, 5.74) is 0.718. The maximum atomic E-state index is 13.6. The number of hydrogen-bond donors (Lipinski definition) is 1. The van der Waals surface area contributed by atoms with Gasteiger partial charge in [0.15, 0.2) is 5.78 Å². The molecule has 1 N–H and O–H groups in total. The van der Waals surface area contributed by atoms with Crippen molar-refractivity contribution in [2.45, 2.75) is 6.18 Å². The van der Waals surface area contributed by atoms with Crippen molar-refractivity contribution in [2.75, 3.05) is 5.32 Å². The number of allylic oxidation sites excluding steroid dienone is 2. The Kier molecular flexibility index (Phi) is 5.58. The molecule has 0 fully saturated rings. The minimum absolute atomic E-state index is 0.204. The van der Waals surface area contributed by atoms with E-state index in [1.54, 1.807) is 42.5 Å². The van der Waals surface area contributed by atoms with Crippen molar-refractivity contribution in [1.29, 1.82) is 0 Å². The molecule has 4 rings (SSSR count). The Morgan fingerprint density at radius 2 is 1.32 bits per heavy atom. The largest absolute Gasteiger partial charge is 0.431 e. The number of carbonyl (C=O) groups excluding carboxylic acids is 1. The zero-order valence-corrected chi connectivity index (χ0v) is 16.4. The van der Waals surface area contributed by atoms with Crippen LogP contribution in [0, 0.1) is 0 Å². The molecule has 0 bridgehead atoms. The van der Waals surface area contributed by atoms with Crippen LogP contribution in [0.2, 0.25) is 0 Å². The van der Waals surface area contributed by atoms with Gasteiger partial charge in [0.2, 0.25) is 0 Å². The molecule has 4 aromatic carbocycles. The predicted octanol–water partition coefficient (Wildman–Crippen LogP) is 7.25. The van der Waals surface area contributed by atoms with E-state index in [9.17, 15) is 18.0 Å². The molecule has 0 radical (unpaired) electrons. The molecule has 0 heterocycles. The van der Waals surface area contributed by atoms with Crippen molar-refractivity contribution in [3.8, 4) is 11.1 Å². The van der Waals surface area contributed by atoms with Crippen molar-refractivity contribution in [2.24, 2.45) is 0 Å². The summed E-state index contributed by atoms with van der Waals surface area (Å²) in [6, 6.07) is 28.0. The minimum atomic E-state index is -4.71. The monoisotopic (exact) mass is 417 g/mol. The van der Waals surface area contributed by atoms with Gasteiger partial charge in [-0.25, -0.2) is 0 Å². The summed E-state index contributed by atoms with van der Waals surface area (Å²) < 4.78 is 40.9. The standard InChI is InChI=1S/C26H18F3NO/c27-26(28,29)25(30-19-11-2-1-3-12-19)17-24(31)23-15-7-6-14-22(23)21-16-8-10-18-9-4-5-13-20(18)21/h1-17,30H/b25-17-. The van der Waals surface area contributed by atoms with Gasteiger partial charge in [0.1, 0.15) is 5.70 Å². The number of hydrogen-bond acceptors (Lipinski definition) is 2. The number of halogens is 3. The topological polar surface area (TPSA) is 29.1 Å². The molecule has 2 nitrogen and oxygen atoms in total. The van der Waals surface area contributed by atoms with Crippen molar-refractivity contribution >= 4 is 22.2 Å². The third-order valence-corrected chi connectivity index (χ3v) is 4.91. The highest BCUT2D eigenvalue weighted by molar-refractivity contribution is 6.12. The van der Waals surface area contributed by atoms with Gasteiger partial charge in [-0.2, -0.15) is 13.2 Å². The predicted molar refractivity (Wildman–Crippen MR) is 118 cm³/mol. The summed E-state index contributed by atoms with van der Waals surface area (Å²) >= 11 is 0. The number of ketones is 1. The summed E-state index contributed by atoms with van der Waals surface area (Å²) in [6.07, 6.45) is -4.09. The lowest BCUT2D eigenvalue weighted by Crippen LogP contribution is -2.20. The van der Waals surface area contributed by atoms with Gasteiger partial charge in [-0.1, -0.05) is 84.9 Å². The smallest absolute Gasteiger partial charge is 0.351 e. The molecular formula is C26H18F3NO. The second kappa shape index (κ2) is 8.48. The first-order chi connectivity index (χ1) is 14.9.